The van der Waals surface area contributed by atoms with Crippen molar-refractivity contribution in [2.24, 2.45) is 0 Å². The Hall–Kier alpha value is -2.86. The Kier molecular flexibility index (Phi) is 5.40. The first kappa shape index (κ1) is 20.1. The third-order valence-corrected chi connectivity index (χ3v) is 5.48. The molecule has 11 heteroatoms. The van der Waals surface area contributed by atoms with E-state index < -0.39 is 30.4 Å². The standard InChI is InChI=1S/C20H22FN5O5/c21-12-3-1-2-4-13(12)30-8-14-16(27)17(28)20(31-14)26-10-24-15-18(22-9-23-19(15)26)25-11-5-6-29-7-11/h1-4,9-11,14,16-17,20,27-28H,5-8H2,(H,22,23,25)/t11?,14-,16-,17-,20-/m1/s1. The molecule has 1 aromatic carbocycles. The van der Waals surface area contributed by atoms with Gasteiger partial charge in [0.2, 0.25) is 0 Å². The molecule has 0 radical (unpaired) electrons. The summed E-state index contributed by atoms with van der Waals surface area (Å²) in [5.41, 5.74) is 0.967. The highest BCUT2D eigenvalue weighted by Gasteiger charge is 2.44. The number of aromatic nitrogens is 4. The number of anilines is 1. The number of para-hydroxylation sites is 1. The maximum absolute atomic E-state index is 13.8. The molecule has 0 spiro atoms. The zero-order valence-corrected chi connectivity index (χ0v) is 16.5. The van der Waals surface area contributed by atoms with Gasteiger partial charge in [0.1, 0.15) is 31.2 Å². The maximum atomic E-state index is 13.8. The van der Waals surface area contributed by atoms with Gasteiger partial charge in [0.15, 0.2) is 34.8 Å². The second-order valence-corrected chi connectivity index (χ2v) is 7.54. The van der Waals surface area contributed by atoms with Gasteiger partial charge in [-0.1, -0.05) is 12.1 Å². The van der Waals surface area contributed by atoms with Gasteiger partial charge in [-0.05, 0) is 18.6 Å². The molecule has 164 valence electrons. The van der Waals surface area contributed by atoms with Gasteiger partial charge in [0, 0.05) is 6.61 Å². The van der Waals surface area contributed by atoms with Crippen LogP contribution in [0.2, 0.25) is 0 Å². The fraction of sp³-hybridized carbons (Fsp3) is 0.450. The SMILES string of the molecule is O[C@@H]1[C@H](O)[C@@H](COc2ccccc2F)O[C@H]1n1cnc2c(NC3CCOC3)ncnc21. The summed E-state index contributed by atoms with van der Waals surface area (Å²) in [5.74, 6) is 0.0903. The second kappa shape index (κ2) is 8.35. The molecule has 0 amide bonds. The van der Waals surface area contributed by atoms with E-state index in [1.807, 2.05) is 0 Å². The lowest BCUT2D eigenvalue weighted by Gasteiger charge is -2.17. The zero-order chi connectivity index (χ0) is 21.4. The third kappa shape index (κ3) is 3.81. The molecular weight excluding hydrogens is 409 g/mol. The molecular formula is C20H22FN5O5. The lowest BCUT2D eigenvalue weighted by molar-refractivity contribution is -0.0477. The number of hydrogen-bond donors (Lipinski definition) is 3. The van der Waals surface area contributed by atoms with E-state index >= 15 is 0 Å². The molecule has 2 aliphatic rings. The highest BCUT2D eigenvalue weighted by molar-refractivity contribution is 5.82. The maximum Gasteiger partial charge on any atom is 0.167 e. The van der Waals surface area contributed by atoms with E-state index in [1.54, 1.807) is 16.7 Å². The van der Waals surface area contributed by atoms with E-state index in [0.717, 1.165) is 6.42 Å². The minimum atomic E-state index is -1.25. The molecule has 10 nitrogen and oxygen atoms in total. The van der Waals surface area contributed by atoms with Gasteiger partial charge in [0.05, 0.1) is 19.0 Å². The molecule has 4 heterocycles. The van der Waals surface area contributed by atoms with Crippen molar-refractivity contribution >= 4 is 17.0 Å². The Labute approximate surface area is 176 Å². The summed E-state index contributed by atoms with van der Waals surface area (Å²) in [6.45, 7) is 1.15. The Morgan fingerprint density at radius 3 is 2.87 bits per heavy atom. The molecule has 3 aromatic rings. The molecule has 5 atom stereocenters. The molecule has 2 aromatic heterocycles. The van der Waals surface area contributed by atoms with Gasteiger partial charge in [-0.3, -0.25) is 4.57 Å². The number of nitrogens with zero attached hydrogens (tertiary/aromatic N) is 4. The Bertz CT molecular complexity index is 1060. The van der Waals surface area contributed by atoms with Crippen LogP contribution < -0.4 is 10.1 Å². The lowest BCUT2D eigenvalue weighted by atomic mass is 10.1. The van der Waals surface area contributed by atoms with Crippen LogP contribution in [0.15, 0.2) is 36.9 Å². The highest BCUT2D eigenvalue weighted by atomic mass is 19.1. The Morgan fingerprint density at radius 2 is 2.06 bits per heavy atom. The van der Waals surface area contributed by atoms with Crippen molar-refractivity contribution in [1.29, 1.82) is 0 Å². The van der Waals surface area contributed by atoms with Gasteiger partial charge in [-0.2, -0.15) is 0 Å². The van der Waals surface area contributed by atoms with Crippen LogP contribution >= 0.6 is 0 Å². The van der Waals surface area contributed by atoms with Crippen molar-refractivity contribution in [1.82, 2.24) is 19.5 Å². The summed E-state index contributed by atoms with van der Waals surface area (Å²) in [5, 5.41) is 24.3. The third-order valence-electron chi connectivity index (χ3n) is 5.48. The fourth-order valence-corrected chi connectivity index (χ4v) is 3.82. The van der Waals surface area contributed by atoms with Crippen molar-refractivity contribution < 1.29 is 28.8 Å². The topological polar surface area (TPSA) is 124 Å². The Balaban J connectivity index is 1.34. The number of fused-ring (bicyclic) bond motifs is 1. The number of aliphatic hydroxyl groups excluding tert-OH is 2. The number of ether oxygens (including phenoxy) is 3. The van der Waals surface area contributed by atoms with Gasteiger partial charge < -0.3 is 29.7 Å². The molecule has 0 bridgehead atoms. The number of hydrogen-bond acceptors (Lipinski definition) is 9. The van der Waals surface area contributed by atoms with E-state index in [1.165, 1.54) is 24.8 Å². The van der Waals surface area contributed by atoms with Gasteiger partial charge in [-0.15, -0.1) is 0 Å². The van der Waals surface area contributed by atoms with Crippen molar-refractivity contribution in [2.45, 2.75) is 37.0 Å². The number of rotatable bonds is 6. The van der Waals surface area contributed by atoms with Crippen LogP contribution in [0.1, 0.15) is 12.6 Å². The van der Waals surface area contributed by atoms with E-state index in [4.69, 9.17) is 14.2 Å². The predicted octanol–water partition coefficient (Wildman–Crippen LogP) is 0.864. The smallest absolute Gasteiger partial charge is 0.167 e. The second-order valence-electron chi connectivity index (χ2n) is 7.54. The van der Waals surface area contributed by atoms with Crippen LogP contribution in [0.5, 0.6) is 5.75 Å². The van der Waals surface area contributed by atoms with Crippen molar-refractivity contribution in [2.75, 3.05) is 25.1 Å². The monoisotopic (exact) mass is 431 g/mol. The number of halogens is 1. The fourth-order valence-electron chi connectivity index (χ4n) is 3.82. The molecule has 2 saturated heterocycles. The van der Waals surface area contributed by atoms with Crippen molar-refractivity contribution in [3.05, 3.63) is 42.7 Å². The molecule has 2 aliphatic heterocycles. The van der Waals surface area contributed by atoms with Crippen molar-refractivity contribution in [3.8, 4) is 5.75 Å². The normalized spacial score (nSPS) is 28.3. The quantitative estimate of drug-likeness (QED) is 0.521. The largest absolute Gasteiger partial charge is 0.488 e. The Morgan fingerprint density at radius 1 is 1.19 bits per heavy atom. The molecule has 5 rings (SSSR count). The zero-order valence-electron chi connectivity index (χ0n) is 16.5. The number of nitrogens with one attached hydrogen (secondary N) is 1. The molecule has 31 heavy (non-hydrogen) atoms. The first-order chi connectivity index (χ1) is 15.1. The minimum Gasteiger partial charge on any atom is -0.488 e. The first-order valence-corrected chi connectivity index (χ1v) is 10.0. The van der Waals surface area contributed by atoms with Gasteiger partial charge in [-0.25, -0.2) is 19.3 Å². The number of benzene rings is 1. The summed E-state index contributed by atoms with van der Waals surface area (Å²) in [7, 11) is 0. The van der Waals surface area contributed by atoms with Crippen LogP contribution in [0, 0.1) is 5.82 Å². The minimum absolute atomic E-state index is 0.0451. The van der Waals surface area contributed by atoms with Crippen LogP contribution in [0.25, 0.3) is 11.2 Å². The lowest BCUT2D eigenvalue weighted by Crippen LogP contribution is -2.34. The van der Waals surface area contributed by atoms with E-state index in [0.29, 0.717) is 30.2 Å². The predicted molar refractivity (Wildman–Crippen MR) is 106 cm³/mol. The number of aliphatic hydroxyl groups is 2. The van der Waals surface area contributed by atoms with Crippen LogP contribution in [0.3, 0.4) is 0 Å². The highest BCUT2D eigenvalue weighted by Crippen LogP contribution is 2.33. The first-order valence-electron chi connectivity index (χ1n) is 10.0. The van der Waals surface area contributed by atoms with Gasteiger partial charge >= 0.3 is 0 Å². The molecule has 3 N–H and O–H groups in total. The summed E-state index contributed by atoms with van der Waals surface area (Å²) in [6.07, 6.45) is -0.539. The average molecular weight is 431 g/mol. The molecule has 2 fully saturated rings. The summed E-state index contributed by atoms with van der Waals surface area (Å²) >= 11 is 0. The summed E-state index contributed by atoms with van der Waals surface area (Å²) < 4.78 is 32.0. The molecule has 0 saturated carbocycles. The van der Waals surface area contributed by atoms with E-state index in [-0.39, 0.29) is 18.4 Å². The van der Waals surface area contributed by atoms with Crippen molar-refractivity contribution in [3.63, 3.8) is 0 Å². The average Bonchev–Trinajstić information content (AvgIpc) is 3.50. The number of imidazole rings is 1. The molecule has 0 aliphatic carbocycles. The summed E-state index contributed by atoms with van der Waals surface area (Å²) in [6, 6.07) is 6.09. The van der Waals surface area contributed by atoms with Crippen LogP contribution in [-0.4, -0.2) is 73.9 Å². The van der Waals surface area contributed by atoms with E-state index in [9.17, 15) is 14.6 Å². The van der Waals surface area contributed by atoms with E-state index in [2.05, 4.69) is 20.3 Å². The van der Waals surface area contributed by atoms with Crippen LogP contribution in [0.4, 0.5) is 10.2 Å². The van der Waals surface area contributed by atoms with Crippen LogP contribution in [-0.2, 0) is 9.47 Å². The summed E-state index contributed by atoms with van der Waals surface area (Å²) in [4.78, 5) is 12.9. The van der Waals surface area contributed by atoms with Gasteiger partial charge in [0.25, 0.3) is 0 Å². The molecule has 1 unspecified atom stereocenters.